The lowest BCUT2D eigenvalue weighted by atomic mass is 10.2. The number of nitrogens with zero attached hydrogens (tertiary/aromatic N) is 3. The zero-order valence-corrected chi connectivity index (χ0v) is 14.0. The molecule has 0 aliphatic carbocycles. The molecule has 3 aliphatic heterocycles. The third-order valence-electron chi connectivity index (χ3n) is 4.99. The summed E-state index contributed by atoms with van der Waals surface area (Å²) in [5.74, 6) is -0.808. The summed E-state index contributed by atoms with van der Waals surface area (Å²) in [6.07, 6.45) is -0.818. The quantitative estimate of drug-likeness (QED) is 0.866. The van der Waals surface area contributed by atoms with Crippen molar-refractivity contribution in [1.29, 1.82) is 0 Å². The van der Waals surface area contributed by atoms with Crippen molar-refractivity contribution in [3.8, 4) is 0 Å². The summed E-state index contributed by atoms with van der Waals surface area (Å²) >= 11 is 0. The third kappa shape index (κ3) is 2.89. The van der Waals surface area contributed by atoms with E-state index in [0.29, 0.717) is 31.9 Å². The van der Waals surface area contributed by atoms with Gasteiger partial charge in [0.05, 0.1) is 24.5 Å². The first-order chi connectivity index (χ1) is 12.3. The van der Waals surface area contributed by atoms with E-state index in [1.54, 1.807) is 6.07 Å². The fourth-order valence-corrected chi connectivity index (χ4v) is 3.74. The first-order valence-electron chi connectivity index (χ1n) is 8.44. The Morgan fingerprint density at radius 3 is 2.77 bits per heavy atom. The molecule has 1 aromatic rings. The van der Waals surface area contributed by atoms with Crippen LogP contribution < -0.4 is 4.90 Å². The molecule has 2 bridgehead atoms. The first-order valence-corrected chi connectivity index (χ1v) is 8.44. The smallest absolute Gasteiger partial charge is 0.416 e. The molecule has 138 valence electrons. The Hall–Kier alpha value is -2.64. The Labute approximate surface area is 148 Å². The molecular formula is C18H18F3N3O2. The van der Waals surface area contributed by atoms with Crippen LogP contribution in [0.25, 0.3) is 0 Å². The molecule has 5 nitrogen and oxygen atoms in total. The van der Waals surface area contributed by atoms with Crippen molar-refractivity contribution < 1.29 is 23.1 Å². The Morgan fingerprint density at radius 2 is 2.04 bits per heavy atom. The topological polar surface area (TPSA) is 47.0 Å². The van der Waals surface area contributed by atoms with Gasteiger partial charge in [0.25, 0.3) is 0 Å². The van der Waals surface area contributed by atoms with Gasteiger partial charge >= 0.3 is 12.1 Å². The molecule has 1 saturated heterocycles. The minimum atomic E-state index is -4.35. The molecule has 1 fully saturated rings. The Kier molecular flexibility index (Phi) is 3.86. The van der Waals surface area contributed by atoms with Gasteiger partial charge in [0, 0.05) is 42.7 Å². The van der Waals surface area contributed by atoms with Crippen molar-refractivity contribution in [2.24, 2.45) is 0 Å². The van der Waals surface area contributed by atoms with Crippen molar-refractivity contribution in [3.05, 3.63) is 53.1 Å². The zero-order chi connectivity index (χ0) is 18.5. The van der Waals surface area contributed by atoms with Gasteiger partial charge in [-0.2, -0.15) is 13.2 Å². The van der Waals surface area contributed by atoms with Crippen molar-refractivity contribution in [1.82, 2.24) is 9.80 Å². The highest BCUT2D eigenvalue weighted by atomic mass is 19.4. The van der Waals surface area contributed by atoms with Gasteiger partial charge in [-0.25, -0.2) is 0 Å². The molecule has 0 spiro atoms. The van der Waals surface area contributed by atoms with E-state index in [9.17, 15) is 18.0 Å². The number of carboxylic acid groups (broad SMARTS) is 1. The van der Waals surface area contributed by atoms with E-state index < -0.39 is 17.7 Å². The van der Waals surface area contributed by atoms with E-state index in [2.05, 4.69) is 9.80 Å². The summed E-state index contributed by atoms with van der Waals surface area (Å²) in [7, 11) is 0. The third-order valence-corrected chi connectivity index (χ3v) is 4.99. The monoisotopic (exact) mass is 365 g/mol. The van der Waals surface area contributed by atoms with Crippen molar-refractivity contribution >= 4 is 11.7 Å². The number of hydrogen-bond donors (Lipinski definition) is 1. The highest BCUT2D eigenvalue weighted by Crippen LogP contribution is 2.44. The summed E-state index contributed by atoms with van der Waals surface area (Å²) < 4.78 is 38.9. The fourth-order valence-electron chi connectivity index (χ4n) is 3.74. The minimum Gasteiger partial charge on any atom is -0.481 e. The molecule has 1 aromatic carbocycles. The molecule has 4 rings (SSSR count). The molecule has 0 aromatic heterocycles. The summed E-state index contributed by atoms with van der Waals surface area (Å²) in [6, 6.07) is 5.41. The second-order valence-electron chi connectivity index (χ2n) is 6.70. The lowest BCUT2D eigenvalue weighted by molar-refractivity contribution is -0.138. The van der Waals surface area contributed by atoms with Gasteiger partial charge in [-0.1, -0.05) is 6.07 Å². The molecule has 0 unspecified atom stereocenters. The average molecular weight is 365 g/mol. The van der Waals surface area contributed by atoms with E-state index in [0.717, 1.165) is 29.6 Å². The Bertz CT molecular complexity index is 816. The van der Waals surface area contributed by atoms with Crippen LogP contribution in [0.1, 0.15) is 24.8 Å². The van der Waals surface area contributed by atoms with Gasteiger partial charge in [-0.15, -0.1) is 0 Å². The van der Waals surface area contributed by atoms with Crippen LogP contribution in [0.3, 0.4) is 0 Å². The van der Waals surface area contributed by atoms with Crippen LogP contribution in [0.5, 0.6) is 0 Å². The van der Waals surface area contributed by atoms with Gasteiger partial charge in [0.15, 0.2) is 0 Å². The lowest BCUT2D eigenvalue weighted by Gasteiger charge is -2.24. The number of benzene rings is 1. The number of hydrogen-bond acceptors (Lipinski definition) is 4. The van der Waals surface area contributed by atoms with Crippen molar-refractivity contribution in [2.75, 3.05) is 24.7 Å². The maximum atomic E-state index is 13.0. The summed E-state index contributed by atoms with van der Waals surface area (Å²) in [6.45, 7) is 1.74. The highest BCUT2D eigenvalue weighted by molar-refractivity contribution is 5.66. The van der Waals surface area contributed by atoms with E-state index in [4.69, 9.17) is 5.11 Å². The zero-order valence-electron chi connectivity index (χ0n) is 14.0. The molecule has 3 aliphatic rings. The van der Waals surface area contributed by atoms with Crippen LogP contribution in [0.4, 0.5) is 18.9 Å². The Morgan fingerprint density at radius 1 is 1.23 bits per heavy atom. The maximum Gasteiger partial charge on any atom is 0.416 e. The van der Waals surface area contributed by atoms with E-state index in [-0.39, 0.29) is 6.42 Å². The fraction of sp³-hybridized carbons (Fsp3) is 0.389. The number of alkyl halides is 3. The molecule has 1 N–H and O–H groups in total. The first kappa shape index (κ1) is 16.8. The van der Waals surface area contributed by atoms with Crippen LogP contribution in [-0.4, -0.2) is 40.6 Å². The SMILES string of the molecule is O=C(O)CCCN1C=C2CC1=C1CN(c3cccc(C(F)(F)F)c3)CN21. The molecule has 0 amide bonds. The van der Waals surface area contributed by atoms with Crippen molar-refractivity contribution in [2.45, 2.75) is 25.4 Å². The average Bonchev–Trinajstić information content (AvgIpc) is 3.25. The van der Waals surface area contributed by atoms with Gasteiger partial charge in [-0.3, -0.25) is 4.79 Å². The van der Waals surface area contributed by atoms with E-state index in [1.807, 2.05) is 11.1 Å². The predicted octanol–water partition coefficient (Wildman–Crippen LogP) is 3.42. The number of aliphatic carboxylic acids is 1. The standard InChI is InChI=1S/C18H18F3N3O2/c19-18(20,21)12-3-1-4-13(7-12)23-10-16-15-8-14(24(16)11-23)9-22(15)6-2-5-17(25)26/h1,3-4,7,9H,2,5-6,8,10-11H2,(H,25,26). The summed E-state index contributed by atoms with van der Waals surface area (Å²) in [5, 5.41) is 8.77. The van der Waals surface area contributed by atoms with Crippen molar-refractivity contribution in [3.63, 3.8) is 0 Å². The van der Waals surface area contributed by atoms with Crippen LogP contribution in [0, 0.1) is 0 Å². The molecule has 0 atom stereocenters. The van der Waals surface area contributed by atoms with Crippen LogP contribution in [0.15, 0.2) is 47.6 Å². The maximum absolute atomic E-state index is 13.0. The number of carboxylic acids is 1. The van der Waals surface area contributed by atoms with Crippen LogP contribution >= 0.6 is 0 Å². The summed E-state index contributed by atoms with van der Waals surface area (Å²) in [5.41, 5.74) is 3.28. The van der Waals surface area contributed by atoms with E-state index in [1.165, 1.54) is 12.1 Å². The van der Waals surface area contributed by atoms with Gasteiger partial charge < -0.3 is 19.8 Å². The molecule has 0 radical (unpaired) electrons. The normalized spacial score (nSPS) is 18.7. The molecule has 3 heterocycles. The van der Waals surface area contributed by atoms with Crippen LogP contribution in [0.2, 0.25) is 0 Å². The van der Waals surface area contributed by atoms with Gasteiger partial charge in [-0.05, 0) is 24.6 Å². The number of anilines is 1. The molecular weight excluding hydrogens is 347 g/mol. The number of rotatable bonds is 5. The number of carbonyl (C=O) groups is 1. The largest absolute Gasteiger partial charge is 0.481 e. The Balaban J connectivity index is 1.50. The predicted molar refractivity (Wildman–Crippen MR) is 88.8 cm³/mol. The second-order valence-corrected chi connectivity index (χ2v) is 6.70. The molecule has 26 heavy (non-hydrogen) atoms. The second kappa shape index (κ2) is 5.96. The van der Waals surface area contributed by atoms with Gasteiger partial charge in [0.2, 0.25) is 0 Å². The number of fused-ring (bicyclic) bond motifs is 4. The number of halogens is 3. The van der Waals surface area contributed by atoms with Gasteiger partial charge in [0.1, 0.15) is 0 Å². The molecule has 0 saturated carbocycles. The van der Waals surface area contributed by atoms with E-state index >= 15 is 0 Å². The van der Waals surface area contributed by atoms with Crippen LogP contribution in [-0.2, 0) is 11.0 Å². The molecule has 8 heteroatoms. The summed E-state index contributed by atoms with van der Waals surface area (Å²) in [4.78, 5) is 16.8. The minimum absolute atomic E-state index is 0.127. The highest BCUT2D eigenvalue weighted by Gasteiger charge is 2.41. The lowest BCUT2D eigenvalue weighted by Crippen LogP contribution is -2.25.